The van der Waals surface area contributed by atoms with Gasteiger partial charge in [-0.15, -0.1) is 0 Å². The largest absolute Gasteiger partial charge is 0.313 e. The normalized spacial score (nSPS) is 23.4. The molecule has 2 rings (SSSR count). The molecule has 118 valence electrons. The molecule has 1 aliphatic rings. The molecule has 1 N–H and O–H groups in total. The van der Waals surface area contributed by atoms with E-state index in [1.807, 2.05) is 0 Å². The molecule has 0 aromatic heterocycles. The molecular formula is C20H33N. The van der Waals surface area contributed by atoms with E-state index in [1.165, 1.54) is 49.7 Å². The Labute approximate surface area is 131 Å². The van der Waals surface area contributed by atoms with Crippen LogP contribution in [0.5, 0.6) is 0 Å². The number of nitrogens with one attached hydrogen (secondary N) is 1. The van der Waals surface area contributed by atoms with Gasteiger partial charge < -0.3 is 5.32 Å². The summed E-state index contributed by atoms with van der Waals surface area (Å²) >= 11 is 0. The maximum absolute atomic E-state index is 3.85. The van der Waals surface area contributed by atoms with Crippen molar-refractivity contribution < 1.29 is 0 Å². The molecule has 21 heavy (non-hydrogen) atoms. The van der Waals surface area contributed by atoms with E-state index in [2.05, 4.69) is 51.2 Å². The van der Waals surface area contributed by atoms with Crippen LogP contribution in [-0.2, 0) is 6.42 Å². The first-order valence-electron chi connectivity index (χ1n) is 8.93. The Morgan fingerprint density at radius 2 is 2.00 bits per heavy atom. The topological polar surface area (TPSA) is 12.0 Å². The van der Waals surface area contributed by atoms with Crippen LogP contribution in [0.15, 0.2) is 18.2 Å². The molecule has 1 aromatic carbocycles. The van der Waals surface area contributed by atoms with Crippen LogP contribution in [0.2, 0.25) is 0 Å². The molecule has 0 spiro atoms. The molecule has 1 aromatic rings. The second-order valence-electron chi connectivity index (χ2n) is 7.04. The predicted octanol–water partition coefficient (Wildman–Crippen LogP) is 5.04. The van der Waals surface area contributed by atoms with Gasteiger partial charge in [0.2, 0.25) is 0 Å². The molecule has 1 nitrogen and oxygen atoms in total. The summed E-state index contributed by atoms with van der Waals surface area (Å²) in [6.45, 7) is 10.2. The van der Waals surface area contributed by atoms with E-state index in [0.29, 0.717) is 6.04 Å². The lowest BCUT2D eigenvalue weighted by molar-refractivity contribution is 0.343. The minimum absolute atomic E-state index is 0.669. The van der Waals surface area contributed by atoms with Crippen molar-refractivity contribution in [1.29, 1.82) is 0 Å². The zero-order valence-electron chi connectivity index (χ0n) is 14.4. The van der Waals surface area contributed by atoms with Gasteiger partial charge in [0.1, 0.15) is 0 Å². The van der Waals surface area contributed by atoms with Crippen LogP contribution in [0.4, 0.5) is 0 Å². The molecule has 0 saturated heterocycles. The van der Waals surface area contributed by atoms with E-state index < -0.39 is 0 Å². The molecule has 0 bridgehead atoms. The Hall–Kier alpha value is -0.820. The minimum Gasteiger partial charge on any atom is -0.313 e. The first kappa shape index (κ1) is 16.5. The molecule has 1 fully saturated rings. The van der Waals surface area contributed by atoms with E-state index in [1.54, 1.807) is 5.56 Å². The van der Waals surface area contributed by atoms with E-state index in [4.69, 9.17) is 0 Å². The number of benzene rings is 1. The lowest BCUT2D eigenvalue weighted by Gasteiger charge is -2.26. The van der Waals surface area contributed by atoms with Gasteiger partial charge in [-0.2, -0.15) is 0 Å². The van der Waals surface area contributed by atoms with Gasteiger partial charge in [0.15, 0.2) is 0 Å². The number of rotatable bonds is 7. The lowest BCUT2D eigenvalue weighted by Crippen LogP contribution is -2.38. The van der Waals surface area contributed by atoms with Crippen molar-refractivity contribution in [3.63, 3.8) is 0 Å². The van der Waals surface area contributed by atoms with E-state index in [0.717, 1.165) is 18.4 Å². The SMILES string of the molecule is CCCNC(Cc1cc(C)ccc1C)C1CCC(CC)C1. The van der Waals surface area contributed by atoms with Gasteiger partial charge in [0, 0.05) is 6.04 Å². The van der Waals surface area contributed by atoms with Gasteiger partial charge in [0.05, 0.1) is 0 Å². The Morgan fingerprint density at radius 1 is 1.19 bits per heavy atom. The second kappa shape index (κ2) is 7.98. The Balaban J connectivity index is 2.07. The molecule has 3 unspecified atom stereocenters. The molecule has 0 aliphatic heterocycles. The summed E-state index contributed by atoms with van der Waals surface area (Å²) in [6.07, 6.45) is 8.09. The lowest BCUT2D eigenvalue weighted by atomic mass is 9.89. The fourth-order valence-electron chi connectivity index (χ4n) is 3.84. The molecule has 0 radical (unpaired) electrons. The van der Waals surface area contributed by atoms with Gasteiger partial charge in [-0.25, -0.2) is 0 Å². The monoisotopic (exact) mass is 287 g/mol. The van der Waals surface area contributed by atoms with Crippen LogP contribution >= 0.6 is 0 Å². The number of hydrogen-bond donors (Lipinski definition) is 1. The summed E-state index contributed by atoms with van der Waals surface area (Å²) in [5.41, 5.74) is 4.39. The maximum Gasteiger partial charge on any atom is 0.0136 e. The van der Waals surface area contributed by atoms with Gasteiger partial charge in [-0.05, 0) is 69.0 Å². The third-order valence-electron chi connectivity index (χ3n) is 5.33. The minimum atomic E-state index is 0.669. The Morgan fingerprint density at radius 3 is 2.67 bits per heavy atom. The highest BCUT2D eigenvalue weighted by atomic mass is 14.9. The predicted molar refractivity (Wildman–Crippen MR) is 92.8 cm³/mol. The fraction of sp³-hybridized carbons (Fsp3) is 0.700. The van der Waals surface area contributed by atoms with Crippen molar-refractivity contribution in [2.24, 2.45) is 11.8 Å². The van der Waals surface area contributed by atoms with Crippen molar-refractivity contribution >= 4 is 0 Å². The van der Waals surface area contributed by atoms with Gasteiger partial charge in [0.25, 0.3) is 0 Å². The van der Waals surface area contributed by atoms with Crippen LogP contribution < -0.4 is 5.32 Å². The molecule has 1 heteroatoms. The quantitative estimate of drug-likeness (QED) is 0.740. The highest BCUT2D eigenvalue weighted by Gasteiger charge is 2.29. The number of hydrogen-bond acceptors (Lipinski definition) is 1. The Kier molecular flexibility index (Phi) is 6.29. The zero-order valence-corrected chi connectivity index (χ0v) is 14.4. The highest BCUT2D eigenvalue weighted by molar-refractivity contribution is 5.31. The third kappa shape index (κ3) is 4.57. The summed E-state index contributed by atoms with van der Waals surface area (Å²) in [5.74, 6) is 1.85. The van der Waals surface area contributed by atoms with Crippen LogP contribution in [0.3, 0.4) is 0 Å². The fourth-order valence-corrected chi connectivity index (χ4v) is 3.84. The first-order chi connectivity index (χ1) is 10.1. The van der Waals surface area contributed by atoms with Crippen molar-refractivity contribution in [1.82, 2.24) is 5.32 Å². The van der Waals surface area contributed by atoms with Crippen LogP contribution in [-0.4, -0.2) is 12.6 Å². The summed E-state index contributed by atoms with van der Waals surface area (Å²) in [4.78, 5) is 0. The maximum atomic E-state index is 3.85. The highest BCUT2D eigenvalue weighted by Crippen LogP contribution is 2.36. The van der Waals surface area contributed by atoms with E-state index >= 15 is 0 Å². The smallest absolute Gasteiger partial charge is 0.0136 e. The van der Waals surface area contributed by atoms with Crippen molar-refractivity contribution in [2.75, 3.05) is 6.54 Å². The van der Waals surface area contributed by atoms with Crippen LogP contribution in [0, 0.1) is 25.7 Å². The third-order valence-corrected chi connectivity index (χ3v) is 5.33. The van der Waals surface area contributed by atoms with Gasteiger partial charge >= 0.3 is 0 Å². The van der Waals surface area contributed by atoms with E-state index in [-0.39, 0.29) is 0 Å². The van der Waals surface area contributed by atoms with Crippen molar-refractivity contribution in [3.8, 4) is 0 Å². The zero-order chi connectivity index (χ0) is 15.2. The van der Waals surface area contributed by atoms with Crippen molar-refractivity contribution in [2.45, 2.75) is 72.3 Å². The molecule has 1 saturated carbocycles. The first-order valence-corrected chi connectivity index (χ1v) is 8.93. The molecule has 0 amide bonds. The Bertz CT molecular complexity index is 437. The van der Waals surface area contributed by atoms with Crippen LogP contribution in [0.1, 0.15) is 62.6 Å². The molecular weight excluding hydrogens is 254 g/mol. The number of aryl methyl sites for hydroxylation is 2. The van der Waals surface area contributed by atoms with E-state index in [9.17, 15) is 0 Å². The summed E-state index contributed by atoms with van der Waals surface area (Å²) in [5, 5.41) is 3.85. The molecule has 0 heterocycles. The van der Waals surface area contributed by atoms with Gasteiger partial charge in [-0.3, -0.25) is 0 Å². The summed E-state index contributed by atoms with van der Waals surface area (Å²) < 4.78 is 0. The van der Waals surface area contributed by atoms with Crippen molar-refractivity contribution in [3.05, 3.63) is 34.9 Å². The molecule has 3 atom stereocenters. The standard InChI is InChI=1S/C20H33N/c1-5-11-21-20(18-10-9-17(6-2)13-18)14-19-12-15(3)7-8-16(19)4/h7-8,12,17-18,20-21H,5-6,9-11,13-14H2,1-4H3. The average molecular weight is 287 g/mol. The van der Waals surface area contributed by atoms with Crippen LogP contribution in [0.25, 0.3) is 0 Å². The summed E-state index contributed by atoms with van der Waals surface area (Å²) in [7, 11) is 0. The van der Waals surface area contributed by atoms with Gasteiger partial charge in [-0.1, -0.05) is 50.5 Å². The second-order valence-corrected chi connectivity index (χ2v) is 7.04. The summed E-state index contributed by atoms with van der Waals surface area (Å²) in [6, 6.07) is 7.57. The average Bonchev–Trinajstić information content (AvgIpc) is 2.95. The molecule has 1 aliphatic carbocycles.